The van der Waals surface area contributed by atoms with Gasteiger partial charge in [-0.2, -0.15) is 0 Å². The van der Waals surface area contributed by atoms with Crippen LogP contribution in [-0.2, 0) is 0 Å². The number of carbonyl (C=O) groups excluding carboxylic acids is 1. The summed E-state index contributed by atoms with van der Waals surface area (Å²) >= 11 is 0. The van der Waals surface area contributed by atoms with E-state index >= 15 is 0 Å². The summed E-state index contributed by atoms with van der Waals surface area (Å²) in [6.45, 7) is 6.51. The Morgan fingerprint density at radius 2 is 2.40 bits per heavy atom. The van der Waals surface area contributed by atoms with Crippen LogP contribution in [-0.4, -0.2) is 41.5 Å². The number of aromatic amines is 1. The fraction of sp³-hybridized carbons (Fsp3) is 0.545. The molecule has 4 nitrogen and oxygen atoms in total. The third-order valence-corrected chi connectivity index (χ3v) is 2.84. The van der Waals surface area contributed by atoms with Crippen molar-refractivity contribution in [1.29, 1.82) is 0 Å². The standard InChI is InChI=1S/C11H17N3O/c1-8-7-14(6-5-12-8)11(15)10-3-4-13-9(10)2/h3-4,8,12-13H,5-7H2,1-2H3. The second-order valence-electron chi connectivity index (χ2n) is 4.12. The molecule has 0 radical (unpaired) electrons. The fourth-order valence-electron chi connectivity index (χ4n) is 1.97. The van der Waals surface area contributed by atoms with E-state index in [0.29, 0.717) is 6.04 Å². The zero-order valence-electron chi connectivity index (χ0n) is 9.21. The molecule has 0 aliphatic carbocycles. The summed E-state index contributed by atoms with van der Waals surface area (Å²) in [5.41, 5.74) is 1.75. The Balaban J connectivity index is 2.11. The van der Waals surface area contributed by atoms with Crippen molar-refractivity contribution < 1.29 is 4.79 Å². The molecule has 0 spiro atoms. The number of piperazine rings is 1. The Kier molecular flexibility index (Phi) is 2.77. The van der Waals surface area contributed by atoms with Crippen LogP contribution in [0.5, 0.6) is 0 Å². The Morgan fingerprint density at radius 1 is 1.60 bits per heavy atom. The van der Waals surface area contributed by atoms with Crippen LogP contribution < -0.4 is 5.32 Å². The molecule has 82 valence electrons. The number of amides is 1. The number of nitrogens with zero attached hydrogens (tertiary/aromatic N) is 1. The van der Waals surface area contributed by atoms with Gasteiger partial charge in [0.2, 0.25) is 0 Å². The molecule has 1 aliphatic heterocycles. The first-order valence-corrected chi connectivity index (χ1v) is 5.35. The van der Waals surface area contributed by atoms with Gasteiger partial charge in [-0.15, -0.1) is 0 Å². The average Bonchev–Trinajstić information content (AvgIpc) is 2.63. The van der Waals surface area contributed by atoms with Gasteiger partial charge in [0, 0.05) is 37.6 Å². The number of aryl methyl sites for hydroxylation is 1. The molecule has 0 aromatic carbocycles. The van der Waals surface area contributed by atoms with E-state index in [9.17, 15) is 4.79 Å². The molecule has 15 heavy (non-hydrogen) atoms. The van der Waals surface area contributed by atoms with Crippen LogP contribution in [0, 0.1) is 6.92 Å². The second-order valence-corrected chi connectivity index (χ2v) is 4.12. The normalized spacial score (nSPS) is 21.7. The van der Waals surface area contributed by atoms with Gasteiger partial charge in [-0.25, -0.2) is 0 Å². The largest absolute Gasteiger partial charge is 0.365 e. The van der Waals surface area contributed by atoms with E-state index in [1.807, 2.05) is 24.1 Å². The lowest BCUT2D eigenvalue weighted by Gasteiger charge is -2.31. The van der Waals surface area contributed by atoms with Crippen LogP contribution in [0.25, 0.3) is 0 Å². The van der Waals surface area contributed by atoms with Gasteiger partial charge in [0.25, 0.3) is 5.91 Å². The Morgan fingerprint density at radius 3 is 3.00 bits per heavy atom. The van der Waals surface area contributed by atoms with Crippen molar-refractivity contribution in [3.8, 4) is 0 Å². The number of hydrogen-bond acceptors (Lipinski definition) is 2. The van der Waals surface area contributed by atoms with Gasteiger partial charge >= 0.3 is 0 Å². The van der Waals surface area contributed by atoms with Crippen molar-refractivity contribution >= 4 is 5.91 Å². The second kappa shape index (κ2) is 4.06. The molecular weight excluding hydrogens is 190 g/mol. The number of rotatable bonds is 1. The molecule has 1 aromatic heterocycles. The highest BCUT2D eigenvalue weighted by atomic mass is 16.2. The van der Waals surface area contributed by atoms with Crippen molar-refractivity contribution in [3.63, 3.8) is 0 Å². The van der Waals surface area contributed by atoms with E-state index in [-0.39, 0.29) is 5.91 Å². The van der Waals surface area contributed by atoms with E-state index in [1.54, 1.807) is 0 Å². The van der Waals surface area contributed by atoms with Crippen LogP contribution in [0.15, 0.2) is 12.3 Å². The highest BCUT2D eigenvalue weighted by molar-refractivity contribution is 5.95. The maximum Gasteiger partial charge on any atom is 0.255 e. The van der Waals surface area contributed by atoms with Crippen LogP contribution in [0.2, 0.25) is 0 Å². The van der Waals surface area contributed by atoms with Gasteiger partial charge in [0.15, 0.2) is 0 Å². The van der Waals surface area contributed by atoms with Crippen molar-refractivity contribution in [2.45, 2.75) is 19.9 Å². The first kappa shape index (κ1) is 10.2. The smallest absolute Gasteiger partial charge is 0.255 e. The summed E-state index contributed by atoms with van der Waals surface area (Å²) < 4.78 is 0. The third-order valence-electron chi connectivity index (χ3n) is 2.84. The molecule has 1 unspecified atom stereocenters. The molecule has 0 bridgehead atoms. The predicted molar refractivity (Wildman–Crippen MR) is 58.9 cm³/mol. The summed E-state index contributed by atoms with van der Waals surface area (Å²) in [7, 11) is 0. The molecule has 1 atom stereocenters. The number of nitrogens with one attached hydrogen (secondary N) is 2. The average molecular weight is 207 g/mol. The van der Waals surface area contributed by atoms with E-state index in [2.05, 4.69) is 17.2 Å². The van der Waals surface area contributed by atoms with Gasteiger partial charge in [0.1, 0.15) is 0 Å². The maximum atomic E-state index is 12.1. The number of carbonyl (C=O) groups is 1. The Bertz CT molecular complexity index is 358. The minimum atomic E-state index is 0.141. The summed E-state index contributed by atoms with van der Waals surface area (Å²) in [4.78, 5) is 17.1. The maximum absolute atomic E-state index is 12.1. The minimum Gasteiger partial charge on any atom is -0.365 e. The number of aromatic nitrogens is 1. The zero-order chi connectivity index (χ0) is 10.8. The first-order valence-electron chi connectivity index (χ1n) is 5.35. The molecule has 1 aliphatic rings. The first-order chi connectivity index (χ1) is 7.18. The predicted octanol–water partition coefficient (Wildman–Crippen LogP) is 0.757. The summed E-state index contributed by atoms with van der Waals surface area (Å²) in [6, 6.07) is 2.24. The van der Waals surface area contributed by atoms with Crippen molar-refractivity contribution in [1.82, 2.24) is 15.2 Å². The third kappa shape index (κ3) is 2.04. The fourth-order valence-corrected chi connectivity index (χ4v) is 1.97. The zero-order valence-corrected chi connectivity index (χ0v) is 9.21. The lowest BCUT2D eigenvalue weighted by atomic mass is 10.2. The summed E-state index contributed by atoms with van der Waals surface area (Å²) in [5, 5.41) is 3.33. The molecule has 4 heteroatoms. The van der Waals surface area contributed by atoms with Crippen molar-refractivity contribution in [2.24, 2.45) is 0 Å². The van der Waals surface area contributed by atoms with Gasteiger partial charge in [-0.1, -0.05) is 0 Å². The molecule has 1 saturated heterocycles. The van der Waals surface area contributed by atoms with Gasteiger partial charge < -0.3 is 15.2 Å². The molecule has 2 N–H and O–H groups in total. The van der Waals surface area contributed by atoms with Crippen molar-refractivity contribution in [3.05, 3.63) is 23.5 Å². The topological polar surface area (TPSA) is 48.1 Å². The molecule has 1 aromatic rings. The number of H-pyrrole nitrogens is 1. The highest BCUT2D eigenvalue weighted by Crippen LogP contribution is 2.10. The van der Waals surface area contributed by atoms with E-state index < -0.39 is 0 Å². The van der Waals surface area contributed by atoms with Crippen LogP contribution in [0.4, 0.5) is 0 Å². The summed E-state index contributed by atoms with van der Waals surface area (Å²) in [5.74, 6) is 0.141. The van der Waals surface area contributed by atoms with E-state index in [1.165, 1.54) is 0 Å². The molecular formula is C11H17N3O. The Hall–Kier alpha value is -1.29. The number of hydrogen-bond donors (Lipinski definition) is 2. The van der Waals surface area contributed by atoms with Gasteiger partial charge in [0.05, 0.1) is 5.56 Å². The van der Waals surface area contributed by atoms with Gasteiger partial charge in [-0.3, -0.25) is 4.79 Å². The molecule has 1 amide bonds. The lowest BCUT2D eigenvalue weighted by Crippen LogP contribution is -2.51. The molecule has 0 saturated carbocycles. The van der Waals surface area contributed by atoms with E-state index in [4.69, 9.17) is 0 Å². The van der Waals surface area contributed by atoms with Gasteiger partial charge in [-0.05, 0) is 19.9 Å². The van der Waals surface area contributed by atoms with Crippen LogP contribution >= 0.6 is 0 Å². The van der Waals surface area contributed by atoms with Crippen LogP contribution in [0.1, 0.15) is 23.0 Å². The Labute approximate surface area is 89.7 Å². The van der Waals surface area contributed by atoms with E-state index in [0.717, 1.165) is 30.9 Å². The monoisotopic (exact) mass is 207 g/mol. The quantitative estimate of drug-likeness (QED) is 0.714. The minimum absolute atomic E-state index is 0.141. The molecule has 2 rings (SSSR count). The van der Waals surface area contributed by atoms with Crippen LogP contribution in [0.3, 0.4) is 0 Å². The SMILES string of the molecule is Cc1[nH]ccc1C(=O)N1CCNC(C)C1. The van der Waals surface area contributed by atoms with Crippen molar-refractivity contribution in [2.75, 3.05) is 19.6 Å². The highest BCUT2D eigenvalue weighted by Gasteiger charge is 2.22. The summed E-state index contributed by atoms with van der Waals surface area (Å²) in [6.07, 6.45) is 1.81. The lowest BCUT2D eigenvalue weighted by molar-refractivity contribution is 0.0708. The molecule has 1 fully saturated rings. The molecule has 2 heterocycles.